The van der Waals surface area contributed by atoms with E-state index < -0.39 is 11.8 Å². The molecular weight excluding hydrogens is 390 g/mol. The molecule has 9 heteroatoms. The summed E-state index contributed by atoms with van der Waals surface area (Å²) in [5.41, 5.74) is 3.34. The van der Waals surface area contributed by atoms with Gasteiger partial charge in [-0.05, 0) is 37.3 Å². The molecule has 2 N–H and O–H groups in total. The minimum atomic E-state index is -0.485. The first-order valence-corrected chi connectivity index (χ1v) is 9.15. The summed E-state index contributed by atoms with van der Waals surface area (Å²) in [6.45, 7) is 2.06. The first-order chi connectivity index (χ1) is 14.5. The van der Waals surface area contributed by atoms with Gasteiger partial charge in [0.25, 0.3) is 11.8 Å². The summed E-state index contributed by atoms with van der Waals surface area (Å²) in [5, 5.41) is 6.43. The Morgan fingerprint density at radius 1 is 1.00 bits per heavy atom. The third-order valence-corrected chi connectivity index (χ3v) is 3.97. The van der Waals surface area contributed by atoms with Crippen LogP contribution in [-0.4, -0.2) is 52.5 Å². The first-order valence-electron chi connectivity index (χ1n) is 9.15. The lowest BCUT2D eigenvalue weighted by Crippen LogP contribution is -2.34. The molecule has 0 heterocycles. The van der Waals surface area contributed by atoms with Crippen LogP contribution in [0.25, 0.3) is 0 Å². The molecule has 0 aromatic heterocycles. The highest BCUT2D eigenvalue weighted by atomic mass is 16.5. The van der Waals surface area contributed by atoms with Crippen LogP contribution in [0.4, 0.5) is 0 Å². The maximum absolute atomic E-state index is 12.2. The van der Waals surface area contributed by atoms with Gasteiger partial charge in [-0.3, -0.25) is 9.59 Å². The molecule has 2 amide bonds. The smallest absolute Gasteiger partial charge is 0.259 e. The molecule has 2 aromatic carbocycles. The molecule has 0 aliphatic heterocycles. The molecule has 0 fully saturated rings. The third-order valence-electron chi connectivity index (χ3n) is 3.97. The summed E-state index contributed by atoms with van der Waals surface area (Å²) in [6, 6.07) is 10.1. The largest absolute Gasteiger partial charge is 0.493 e. The number of hydrogen-bond acceptors (Lipinski definition) is 7. The highest BCUT2D eigenvalue weighted by molar-refractivity contribution is 5.97. The number of ether oxygens (including phenoxy) is 4. The van der Waals surface area contributed by atoms with Gasteiger partial charge >= 0.3 is 0 Å². The Labute approximate surface area is 175 Å². The zero-order valence-electron chi connectivity index (χ0n) is 17.4. The van der Waals surface area contributed by atoms with Gasteiger partial charge in [-0.2, -0.15) is 5.10 Å². The Morgan fingerprint density at radius 2 is 1.73 bits per heavy atom. The van der Waals surface area contributed by atoms with Crippen LogP contribution in [0.15, 0.2) is 41.5 Å². The third kappa shape index (κ3) is 5.87. The van der Waals surface area contributed by atoms with Gasteiger partial charge in [0.05, 0.1) is 40.7 Å². The van der Waals surface area contributed by atoms with Crippen molar-refractivity contribution >= 4 is 18.0 Å². The van der Waals surface area contributed by atoms with Crippen LogP contribution in [0.2, 0.25) is 0 Å². The summed E-state index contributed by atoms with van der Waals surface area (Å²) in [5.74, 6) is 1.10. The van der Waals surface area contributed by atoms with Crippen molar-refractivity contribution in [2.24, 2.45) is 5.10 Å². The van der Waals surface area contributed by atoms with Crippen LogP contribution in [0.1, 0.15) is 22.8 Å². The molecule has 9 nitrogen and oxygen atoms in total. The van der Waals surface area contributed by atoms with Gasteiger partial charge in [-0.25, -0.2) is 5.43 Å². The SMILES string of the molecule is CCOc1c(/C=N/NC(=O)CNC(=O)c2ccc(OC)c(OC)c2)cccc1OC. The Bertz CT molecular complexity index is 914. The molecular formula is C21H25N3O6. The molecule has 0 atom stereocenters. The molecule has 2 aromatic rings. The van der Waals surface area contributed by atoms with Gasteiger partial charge in [0.2, 0.25) is 0 Å². The second-order valence-electron chi connectivity index (χ2n) is 5.86. The standard InChI is InChI=1S/C21H25N3O6/c1-5-30-20-15(7-6-8-17(20)28-3)12-23-24-19(25)13-22-21(26)14-9-10-16(27-2)18(11-14)29-4/h6-12H,5,13H2,1-4H3,(H,22,26)(H,24,25)/b23-12+. The molecule has 0 saturated heterocycles. The van der Waals surface area contributed by atoms with E-state index in [9.17, 15) is 9.59 Å². The van der Waals surface area contributed by atoms with Crippen LogP contribution in [-0.2, 0) is 4.79 Å². The van der Waals surface area contributed by atoms with Gasteiger partial charge < -0.3 is 24.3 Å². The minimum Gasteiger partial charge on any atom is -0.493 e. The highest BCUT2D eigenvalue weighted by Crippen LogP contribution is 2.30. The minimum absolute atomic E-state index is 0.249. The van der Waals surface area contributed by atoms with E-state index in [1.54, 1.807) is 37.4 Å². The van der Waals surface area contributed by atoms with E-state index in [1.165, 1.54) is 26.5 Å². The van der Waals surface area contributed by atoms with E-state index in [1.807, 2.05) is 6.92 Å². The summed E-state index contributed by atoms with van der Waals surface area (Å²) in [6.07, 6.45) is 1.45. The van der Waals surface area contributed by atoms with E-state index in [4.69, 9.17) is 18.9 Å². The number of benzene rings is 2. The predicted molar refractivity (Wildman–Crippen MR) is 112 cm³/mol. The summed E-state index contributed by atoms with van der Waals surface area (Å²) in [4.78, 5) is 24.2. The van der Waals surface area contributed by atoms with Crippen LogP contribution < -0.4 is 29.7 Å². The number of carbonyl (C=O) groups is 2. The number of nitrogens with zero attached hydrogens (tertiary/aromatic N) is 1. The number of methoxy groups -OCH3 is 3. The lowest BCUT2D eigenvalue weighted by Gasteiger charge is -2.11. The normalized spacial score (nSPS) is 10.4. The van der Waals surface area contributed by atoms with Gasteiger partial charge in [0.15, 0.2) is 23.0 Å². The average Bonchev–Trinajstić information content (AvgIpc) is 2.77. The fraction of sp³-hybridized carbons (Fsp3) is 0.286. The Kier molecular flexibility index (Phi) is 8.49. The molecule has 30 heavy (non-hydrogen) atoms. The topological polar surface area (TPSA) is 107 Å². The zero-order chi connectivity index (χ0) is 21.9. The van der Waals surface area contributed by atoms with Crippen molar-refractivity contribution < 1.29 is 28.5 Å². The summed E-state index contributed by atoms with van der Waals surface area (Å²) in [7, 11) is 4.53. The van der Waals surface area contributed by atoms with Gasteiger partial charge in [0.1, 0.15) is 0 Å². The van der Waals surface area contributed by atoms with E-state index in [0.717, 1.165) is 0 Å². The number of para-hydroxylation sites is 1. The van der Waals surface area contributed by atoms with Crippen molar-refractivity contribution in [3.63, 3.8) is 0 Å². The number of nitrogens with one attached hydrogen (secondary N) is 2. The molecule has 0 bridgehead atoms. The van der Waals surface area contributed by atoms with Crippen molar-refractivity contribution in [3.8, 4) is 23.0 Å². The molecule has 0 spiro atoms. The molecule has 160 valence electrons. The Balaban J connectivity index is 1.93. The van der Waals surface area contributed by atoms with Crippen molar-refractivity contribution in [1.82, 2.24) is 10.7 Å². The van der Waals surface area contributed by atoms with E-state index in [-0.39, 0.29) is 6.54 Å². The zero-order valence-corrected chi connectivity index (χ0v) is 17.4. The Morgan fingerprint density at radius 3 is 2.40 bits per heavy atom. The fourth-order valence-corrected chi connectivity index (χ4v) is 2.55. The summed E-state index contributed by atoms with van der Waals surface area (Å²) >= 11 is 0. The van der Waals surface area contributed by atoms with Crippen LogP contribution in [0.3, 0.4) is 0 Å². The van der Waals surface area contributed by atoms with Crippen molar-refractivity contribution in [2.75, 3.05) is 34.5 Å². The lowest BCUT2D eigenvalue weighted by atomic mass is 10.2. The van der Waals surface area contributed by atoms with Crippen molar-refractivity contribution in [2.45, 2.75) is 6.92 Å². The first kappa shape index (κ1) is 22.5. The van der Waals surface area contributed by atoms with Gasteiger partial charge in [-0.15, -0.1) is 0 Å². The van der Waals surface area contributed by atoms with E-state index in [0.29, 0.717) is 40.7 Å². The molecule has 0 radical (unpaired) electrons. The average molecular weight is 415 g/mol. The van der Waals surface area contributed by atoms with Crippen molar-refractivity contribution in [1.29, 1.82) is 0 Å². The number of hydrazone groups is 1. The number of carbonyl (C=O) groups excluding carboxylic acids is 2. The van der Waals surface area contributed by atoms with Gasteiger partial charge in [0, 0.05) is 11.1 Å². The van der Waals surface area contributed by atoms with Crippen LogP contribution in [0.5, 0.6) is 23.0 Å². The Hall–Kier alpha value is -3.75. The highest BCUT2D eigenvalue weighted by Gasteiger charge is 2.12. The molecule has 0 saturated carbocycles. The monoisotopic (exact) mass is 415 g/mol. The lowest BCUT2D eigenvalue weighted by molar-refractivity contribution is -0.120. The summed E-state index contributed by atoms with van der Waals surface area (Å²) < 4.78 is 21.1. The van der Waals surface area contributed by atoms with Crippen LogP contribution in [0, 0.1) is 0 Å². The second-order valence-corrected chi connectivity index (χ2v) is 5.86. The van der Waals surface area contributed by atoms with Gasteiger partial charge in [-0.1, -0.05) is 6.07 Å². The molecule has 0 unspecified atom stereocenters. The quantitative estimate of drug-likeness (QED) is 0.454. The second kappa shape index (κ2) is 11.3. The predicted octanol–water partition coefficient (Wildman–Crippen LogP) is 1.99. The fourth-order valence-electron chi connectivity index (χ4n) is 2.55. The molecule has 2 rings (SSSR count). The van der Waals surface area contributed by atoms with Crippen LogP contribution >= 0.6 is 0 Å². The number of amides is 2. The van der Waals surface area contributed by atoms with E-state index >= 15 is 0 Å². The maximum atomic E-state index is 12.2. The number of hydrogen-bond donors (Lipinski definition) is 2. The maximum Gasteiger partial charge on any atom is 0.259 e. The van der Waals surface area contributed by atoms with E-state index in [2.05, 4.69) is 15.8 Å². The molecule has 0 aliphatic carbocycles. The van der Waals surface area contributed by atoms with Crippen molar-refractivity contribution in [3.05, 3.63) is 47.5 Å². The molecule has 0 aliphatic rings. The number of rotatable bonds is 10.